The molecule has 0 amide bonds. The van der Waals surface area contributed by atoms with Gasteiger partial charge in [-0.2, -0.15) is 0 Å². The Morgan fingerprint density at radius 3 is 2.52 bits per heavy atom. The number of ketones is 1. The minimum Gasteiger partial charge on any atom is -0.493 e. The molecule has 2 aromatic carbocycles. The lowest BCUT2D eigenvalue weighted by molar-refractivity contribution is -0.139. The van der Waals surface area contributed by atoms with Crippen molar-refractivity contribution < 1.29 is 24.2 Å². The molecule has 0 aliphatic carbocycles. The summed E-state index contributed by atoms with van der Waals surface area (Å²) < 4.78 is 10.3. The molecule has 2 rings (SSSR count). The molecule has 130 valence electrons. The Bertz CT molecular complexity index is 821. The molecule has 5 heteroatoms. The molecule has 0 saturated carbocycles. The first-order chi connectivity index (χ1) is 11.9. The minimum atomic E-state index is -1.08. The molecule has 0 aromatic heterocycles. The van der Waals surface area contributed by atoms with Crippen LogP contribution in [0.2, 0.25) is 0 Å². The second-order valence-corrected chi connectivity index (χ2v) is 5.61. The van der Waals surface area contributed by atoms with Crippen LogP contribution in [0.25, 0.3) is 6.08 Å². The average Bonchev–Trinajstić information content (AvgIpc) is 2.60. The minimum absolute atomic E-state index is 0.177. The molecular formula is C20H20O5. The standard InChI is InChI=1S/C20H20O5/c1-13-4-5-14(2)15(10-13)6-8-17(21)16-7-9-18(19(11-16)24-3)25-12-20(22)23/h4-11H,12H2,1-3H3,(H,22,23)/b8-6+. The summed E-state index contributed by atoms with van der Waals surface area (Å²) in [5.74, 6) is -0.671. The van der Waals surface area contributed by atoms with E-state index in [0.717, 1.165) is 16.7 Å². The second kappa shape index (κ2) is 8.15. The van der Waals surface area contributed by atoms with Crippen molar-refractivity contribution in [3.63, 3.8) is 0 Å². The molecule has 0 unspecified atom stereocenters. The predicted octanol–water partition coefficient (Wildman–Crippen LogP) is 3.67. The molecule has 0 spiro atoms. The van der Waals surface area contributed by atoms with Gasteiger partial charge in [-0.1, -0.05) is 29.8 Å². The number of carboxylic acid groups (broad SMARTS) is 1. The van der Waals surface area contributed by atoms with Crippen LogP contribution in [0, 0.1) is 13.8 Å². The predicted molar refractivity (Wildman–Crippen MR) is 95.4 cm³/mol. The fourth-order valence-corrected chi connectivity index (χ4v) is 2.28. The Morgan fingerprint density at radius 1 is 1.08 bits per heavy atom. The van der Waals surface area contributed by atoms with Gasteiger partial charge in [-0.25, -0.2) is 4.79 Å². The van der Waals surface area contributed by atoms with Crippen molar-refractivity contribution in [2.45, 2.75) is 13.8 Å². The number of carboxylic acids is 1. The van der Waals surface area contributed by atoms with Crippen molar-refractivity contribution in [1.29, 1.82) is 0 Å². The van der Waals surface area contributed by atoms with Crippen LogP contribution in [-0.4, -0.2) is 30.6 Å². The number of benzene rings is 2. The topological polar surface area (TPSA) is 72.8 Å². The van der Waals surface area contributed by atoms with Crippen LogP contribution in [0.3, 0.4) is 0 Å². The molecule has 0 bridgehead atoms. The number of carbonyl (C=O) groups is 2. The summed E-state index contributed by atoms with van der Waals surface area (Å²) in [6.45, 7) is 3.51. The van der Waals surface area contributed by atoms with Crippen LogP contribution >= 0.6 is 0 Å². The number of hydrogen-bond acceptors (Lipinski definition) is 4. The summed E-state index contributed by atoms with van der Waals surface area (Å²) in [4.78, 5) is 23.0. The Kier molecular flexibility index (Phi) is 5.95. The van der Waals surface area contributed by atoms with Gasteiger partial charge in [-0.3, -0.25) is 4.79 Å². The van der Waals surface area contributed by atoms with E-state index in [4.69, 9.17) is 14.6 Å². The van der Waals surface area contributed by atoms with Crippen molar-refractivity contribution in [3.8, 4) is 11.5 Å². The van der Waals surface area contributed by atoms with Crippen LogP contribution in [-0.2, 0) is 4.79 Å². The molecule has 2 aromatic rings. The van der Waals surface area contributed by atoms with Gasteiger partial charge in [0.25, 0.3) is 0 Å². The van der Waals surface area contributed by atoms with Crippen molar-refractivity contribution in [1.82, 2.24) is 0 Å². The van der Waals surface area contributed by atoms with E-state index < -0.39 is 12.6 Å². The van der Waals surface area contributed by atoms with Gasteiger partial charge in [-0.15, -0.1) is 0 Å². The Morgan fingerprint density at radius 2 is 1.84 bits per heavy atom. The highest BCUT2D eigenvalue weighted by atomic mass is 16.5. The fourth-order valence-electron chi connectivity index (χ4n) is 2.28. The number of carbonyl (C=O) groups excluding carboxylic acids is 1. The van der Waals surface area contributed by atoms with Crippen molar-refractivity contribution >= 4 is 17.8 Å². The van der Waals surface area contributed by atoms with Gasteiger partial charge in [0.05, 0.1) is 7.11 Å². The zero-order chi connectivity index (χ0) is 18.4. The van der Waals surface area contributed by atoms with Crippen LogP contribution < -0.4 is 9.47 Å². The van der Waals surface area contributed by atoms with E-state index in [0.29, 0.717) is 11.3 Å². The third-order valence-corrected chi connectivity index (χ3v) is 3.65. The smallest absolute Gasteiger partial charge is 0.341 e. The second-order valence-electron chi connectivity index (χ2n) is 5.61. The summed E-state index contributed by atoms with van der Waals surface area (Å²) in [6, 6.07) is 10.7. The third kappa shape index (κ3) is 4.94. The molecule has 0 heterocycles. The van der Waals surface area contributed by atoms with Gasteiger partial charge in [0.2, 0.25) is 0 Å². The lowest BCUT2D eigenvalue weighted by atomic mass is 10.0. The molecule has 0 radical (unpaired) electrons. The van der Waals surface area contributed by atoms with E-state index in [-0.39, 0.29) is 11.5 Å². The van der Waals surface area contributed by atoms with Crippen molar-refractivity contribution in [2.75, 3.05) is 13.7 Å². The molecule has 5 nitrogen and oxygen atoms in total. The Labute approximate surface area is 146 Å². The van der Waals surface area contributed by atoms with E-state index in [1.165, 1.54) is 25.3 Å². The summed E-state index contributed by atoms with van der Waals surface area (Å²) in [6.07, 6.45) is 3.29. The maximum atomic E-state index is 12.4. The van der Waals surface area contributed by atoms with Gasteiger partial charge in [0.15, 0.2) is 23.9 Å². The van der Waals surface area contributed by atoms with E-state index in [1.807, 2.05) is 32.0 Å². The first-order valence-corrected chi connectivity index (χ1v) is 7.73. The number of aliphatic carboxylic acids is 1. The summed E-state index contributed by atoms with van der Waals surface area (Å²) in [5.41, 5.74) is 3.63. The van der Waals surface area contributed by atoms with Crippen LogP contribution in [0.5, 0.6) is 11.5 Å². The highest BCUT2D eigenvalue weighted by molar-refractivity contribution is 6.07. The molecule has 0 fully saturated rings. The maximum Gasteiger partial charge on any atom is 0.341 e. The quantitative estimate of drug-likeness (QED) is 0.615. The molecular weight excluding hydrogens is 320 g/mol. The molecule has 0 aliphatic heterocycles. The van der Waals surface area contributed by atoms with E-state index in [9.17, 15) is 9.59 Å². The number of allylic oxidation sites excluding steroid dienone is 1. The highest BCUT2D eigenvalue weighted by Gasteiger charge is 2.11. The summed E-state index contributed by atoms with van der Waals surface area (Å²) in [7, 11) is 1.43. The number of methoxy groups -OCH3 is 1. The SMILES string of the molecule is COc1cc(C(=O)/C=C/c2cc(C)ccc2C)ccc1OCC(=O)O. The van der Waals surface area contributed by atoms with E-state index in [2.05, 4.69) is 0 Å². The van der Waals surface area contributed by atoms with E-state index in [1.54, 1.807) is 12.1 Å². The summed E-state index contributed by atoms with van der Waals surface area (Å²) >= 11 is 0. The van der Waals surface area contributed by atoms with Crippen LogP contribution in [0.1, 0.15) is 27.0 Å². The van der Waals surface area contributed by atoms with E-state index >= 15 is 0 Å². The van der Waals surface area contributed by atoms with Gasteiger partial charge in [-0.05, 0) is 49.2 Å². The lowest BCUT2D eigenvalue weighted by Gasteiger charge is -2.10. The largest absolute Gasteiger partial charge is 0.493 e. The monoisotopic (exact) mass is 340 g/mol. The number of aryl methyl sites for hydroxylation is 2. The number of hydrogen-bond donors (Lipinski definition) is 1. The first kappa shape index (κ1) is 18.3. The lowest BCUT2D eigenvalue weighted by Crippen LogP contribution is -2.10. The molecule has 25 heavy (non-hydrogen) atoms. The zero-order valence-electron chi connectivity index (χ0n) is 14.4. The average molecular weight is 340 g/mol. The number of rotatable bonds is 7. The maximum absolute atomic E-state index is 12.4. The number of ether oxygens (including phenoxy) is 2. The molecule has 0 saturated heterocycles. The highest BCUT2D eigenvalue weighted by Crippen LogP contribution is 2.28. The Balaban J connectivity index is 2.20. The van der Waals surface area contributed by atoms with Gasteiger partial charge >= 0.3 is 5.97 Å². The third-order valence-electron chi connectivity index (χ3n) is 3.65. The Hall–Kier alpha value is -3.08. The fraction of sp³-hybridized carbons (Fsp3) is 0.200. The zero-order valence-corrected chi connectivity index (χ0v) is 14.4. The summed E-state index contributed by atoms with van der Waals surface area (Å²) in [5, 5.41) is 8.67. The van der Waals surface area contributed by atoms with Crippen molar-refractivity contribution in [3.05, 3.63) is 64.7 Å². The molecule has 0 atom stereocenters. The van der Waals surface area contributed by atoms with Crippen LogP contribution in [0.15, 0.2) is 42.5 Å². The normalized spacial score (nSPS) is 10.7. The van der Waals surface area contributed by atoms with Crippen LogP contribution in [0.4, 0.5) is 0 Å². The van der Waals surface area contributed by atoms with Gasteiger partial charge < -0.3 is 14.6 Å². The van der Waals surface area contributed by atoms with Crippen molar-refractivity contribution in [2.24, 2.45) is 0 Å². The molecule has 1 N–H and O–H groups in total. The molecule has 0 aliphatic rings. The van der Waals surface area contributed by atoms with Gasteiger partial charge in [0.1, 0.15) is 0 Å². The first-order valence-electron chi connectivity index (χ1n) is 7.73. The van der Waals surface area contributed by atoms with Gasteiger partial charge in [0, 0.05) is 5.56 Å².